The van der Waals surface area contributed by atoms with E-state index in [1.165, 1.54) is 17.1 Å². The van der Waals surface area contributed by atoms with Crippen molar-refractivity contribution in [2.24, 2.45) is 10.7 Å². The van der Waals surface area contributed by atoms with Crippen LogP contribution >= 0.6 is 0 Å². The Kier molecular flexibility index (Phi) is 8.93. The average molecular weight is 639 g/mol. The summed E-state index contributed by atoms with van der Waals surface area (Å²) in [6.45, 7) is 2.68. The van der Waals surface area contributed by atoms with Gasteiger partial charge in [-0.2, -0.15) is 0 Å². The molecule has 6 nitrogen and oxygen atoms in total. The number of nitrogens with two attached hydrogens (primary N) is 2. The lowest BCUT2D eigenvalue weighted by Gasteiger charge is -2.10. The number of nitrogens with zero attached hydrogens (tertiary/aromatic N) is 3. The highest BCUT2D eigenvalue weighted by molar-refractivity contribution is 6.24. The van der Waals surface area contributed by atoms with Crippen molar-refractivity contribution in [1.29, 1.82) is 0 Å². The molecule has 240 valence electrons. The van der Waals surface area contributed by atoms with Crippen LogP contribution in [0, 0.1) is 6.92 Å². The highest BCUT2D eigenvalue weighted by Gasteiger charge is 2.23. The Balaban J connectivity index is 0.000000483. The fourth-order valence-electron chi connectivity index (χ4n) is 6.32. The SMILES string of the molecule is Cc1ccccc1.N/C=C\C=NCc1ccc(-n2c3ccccc3c3c4c(ccc32)c(Nc2ccccc2)c(N)n4-c2ccccc2)cc1. The van der Waals surface area contributed by atoms with Crippen LogP contribution in [0.2, 0.25) is 0 Å². The molecule has 0 saturated carbocycles. The standard InChI is InChI=1S/C36H30N6.C7H8/c37-22-9-23-39-24-25-16-18-28(19-17-25)41-31-15-8-7-14-29(31)33-32(41)21-20-30-34(40-26-10-3-1-4-11-26)36(38)42(35(30)33)27-12-5-2-6-13-27;1-7-5-3-2-4-6-7/h1-23,40H,24,37-38H2;2-6H,1H3/b22-9-,39-23?;. The van der Waals surface area contributed by atoms with Crippen LogP contribution in [0.25, 0.3) is 44.1 Å². The first-order valence-electron chi connectivity index (χ1n) is 16.3. The van der Waals surface area contributed by atoms with Gasteiger partial charge in [0, 0.05) is 39.4 Å². The fraction of sp³-hybridized carbons (Fsp3) is 0.0465. The van der Waals surface area contributed by atoms with E-state index >= 15 is 0 Å². The highest BCUT2D eigenvalue weighted by atomic mass is 15.1. The smallest absolute Gasteiger partial charge is 0.133 e. The predicted octanol–water partition coefficient (Wildman–Crippen LogP) is 10.1. The molecule has 0 saturated heterocycles. The molecule has 6 heteroatoms. The molecule has 5 N–H and O–H groups in total. The molecule has 2 aromatic heterocycles. The zero-order valence-electron chi connectivity index (χ0n) is 27.4. The molecule has 0 bridgehead atoms. The summed E-state index contributed by atoms with van der Waals surface area (Å²) in [5, 5.41) is 7.00. The summed E-state index contributed by atoms with van der Waals surface area (Å²) in [5.41, 5.74) is 22.2. The predicted molar refractivity (Wildman–Crippen MR) is 208 cm³/mol. The molecule has 8 rings (SSSR count). The minimum atomic E-state index is 0.597. The topological polar surface area (TPSA) is 86.3 Å². The zero-order chi connectivity index (χ0) is 33.6. The van der Waals surface area contributed by atoms with Gasteiger partial charge in [0.15, 0.2) is 0 Å². The van der Waals surface area contributed by atoms with Crippen LogP contribution in [-0.2, 0) is 6.54 Å². The molecular formula is C43H38N6. The van der Waals surface area contributed by atoms with Crippen molar-refractivity contribution in [3.05, 3.63) is 175 Å². The second-order valence-electron chi connectivity index (χ2n) is 11.8. The van der Waals surface area contributed by atoms with Crippen LogP contribution in [0.4, 0.5) is 17.2 Å². The van der Waals surface area contributed by atoms with E-state index < -0.39 is 0 Å². The van der Waals surface area contributed by atoms with E-state index in [-0.39, 0.29) is 0 Å². The second-order valence-corrected chi connectivity index (χ2v) is 11.8. The lowest BCUT2D eigenvalue weighted by Crippen LogP contribution is -2.02. The number of para-hydroxylation sites is 3. The third-order valence-electron chi connectivity index (χ3n) is 8.57. The molecule has 0 fully saturated rings. The lowest BCUT2D eigenvalue weighted by atomic mass is 10.1. The first kappa shape index (κ1) is 31.1. The Bertz CT molecular complexity index is 2390. The van der Waals surface area contributed by atoms with Crippen molar-refractivity contribution in [2.45, 2.75) is 13.5 Å². The molecule has 0 spiro atoms. The number of fused-ring (bicyclic) bond motifs is 5. The maximum absolute atomic E-state index is 7.00. The van der Waals surface area contributed by atoms with Crippen LogP contribution in [-0.4, -0.2) is 15.3 Å². The van der Waals surface area contributed by atoms with Gasteiger partial charge in [-0.3, -0.25) is 9.56 Å². The van der Waals surface area contributed by atoms with Gasteiger partial charge in [0.05, 0.1) is 28.8 Å². The van der Waals surface area contributed by atoms with Crippen LogP contribution in [0.3, 0.4) is 0 Å². The number of aliphatic imine (C=N–C) groups is 1. The van der Waals surface area contributed by atoms with Gasteiger partial charge in [-0.15, -0.1) is 0 Å². The molecule has 0 aliphatic heterocycles. The summed E-state index contributed by atoms with van der Waals surface area (Å²) in [4.78, 5) is 4.42. The number of aryl methyl sites for hydroxylation is 1. The molecule has 0 radical (unpaired) electrons. The van der Waals surface area contributed by atoms with Gasteiger partial charge in [-0.1, -0.05) is 103 Å². The number of nitrogens with one attached hydrogen (secondary N) is 1. The zero-order valence-corrected chi connectivity index (χ0v) is 27.4. The van der Waals surface area contributed by atoms with E-state index in [4.69, 9.17) is 11.5 Å². The van der Waals surface area contributed by atoms with E-state index in [0.29, 0.717) is 12.4 Å². The van der Waals surface area contributed by atoms with E-state index in [9.17, 15) is 0 Å². The van der Waals surface area contributed by atoms with E-state index in [1.807, 2.05) is 54.6 Å². The number of hydrogen-bond donors (Lipinski definition) is 3. The van der Waals surface area contributed by atoms with Crippen molar-refractivity contribution >= 4 is 56.1 Å². The lowest BCUT2D eigenvalue weighted by molar-refractivity contribution is 1.07. The molecule has 2 heterocycles. The minimum Gasteiger partial charge on any atom is -0.405 e. The third kappa shape index (κ3) is 6.27. The first-order chi connectivity index (χ1) is 24.1. The van der Waals surface area contributed by atoms with Gasteiger partial charge >= 0.3 is 0 Å². The maximum atomic E-state index is 7.00. The number of rotatable bonds is 7. The van der Waals surface area contributed by atoms with Crippen LogP contribution in [0.1, 0.15) is 11.1 Å². The van der Waals surface area contributed by atoms with Crippen molar-refractivity contribution in [1.82, 2.24) is 9.13 Å². The number of benzene rings is 6. The molecule has 0 atom stereocenters. The van der Waals surface area contributed by atoms with Gasteiger partial charge < -0.3 is 21.4 Å². The van der Waals surface area contributed by atoms with Crippen LogP contribution < -0.4 is 16.8 Å². The highest BCUT2D eigenvalue weighted by Crippen LogP contribution is 2.44. The monoisotopic (exact) mass is 638 g/mol. The quantitative estimate of drug-likeness (QED) is 0.152. The van der Waals surface area contributed by atoms with E-state index in [2.05, 4.69) is 123 Å². The molecule has 0 aliphatic rings. The van der Waals surface area contributed by atoms with Crippen molar-refractivity contribution in [2.75, 3.05) is 11.1 Å². The number of anilines is 3. The van der Waals surface area contributed by atoms with Gasteiger partial charge in [0.2, 0.25) is 0 Å². The Hall–Kier alpha value is -6.53. The Morgan fingerprint density at radius 2 is 1.27 bits per heavy atom. The minimum absolute atomic E-state index is 0.597. The Morgan fingerprint density at radius 1 is 0.633 bits per heavy atom. The van der Waals surface area contributed by atoms with Crippen molar-refractivity contribution in [3.8, 4) is 11.4 Å². The summed E-state index contributed by atoms with van der Waals surface area (Å²) in [6, 6.07) is 52.3. The van der Waals surface area contributed by atoms with Crippen molar-refractivity contribution in [3.63, 3.8) is 0 Å². The maximum Gasteiger partial charge on any atom is 0.133 e. The number of aromatic nitrogens is 2. The Morgan fingerprint density at radius 3 is 1.94 bits per heavy atom. The number of nitrogen functional groups attached to an aromatic ring is 1. The second kappa shape index (κ2) is 14.1. The summed E-state index contributed by atoms with van der Waals surface area (Å²) >= 11 is 0. The van der Waals surface area contributed by atoms with Gasteiger partial charge in [0.25, 0.3) is 0 Å². The number of hydrogen-bond acceptors (Lipinski definition) is 4. The molecular weight excluding hydrogens is 601 g/mol. The normalized spacial score (nSPS) is 11.4. The van der Waals surface area contributed by atoms with Crippen LogP contribution in [0.5, 0.6) is 0 Å². The molecule has 0 aliphatic carbocycles. The van der Waals surface area contributed by atoms with Gasteiger partial charge in [0.1, 0.15) is 5.82 Å². The van der Waals surface area contributed by atoms with Crippen molar-refractivity contribution < 1.29 is 0 Å². The summed E-state index contributed by atoms with van der Waals surface area (Å²) < 4.78 is 4.51. The molecule has 0 amide bonds. The summed E-state index contributed by atoms with van der Waals surface area (Å²) in [6.07, 6.45) is 4.93. The average Bonchev–Trinajstić information content (AvgIpc) is 3.63. The Labute approximate surface area is 286 Å². The van der Waals surface area contributed by atoms with E-state index in [1.54, 1.807) is 12.3 Å². The molecule has 6 aromatic carbocycles. The van der Waals surface area contributed by atoms with Gasteiger partial charge in [-0.25, -0.2) is 0 Å². The van der Waals surface area contributed by atoms with Crippen LogP contribution in [0.15, 0.2) is 169 Å². The number of allylic oxidation sites excluding steroid dienone is 1. The molecule has 0 unspecified atom stereocenters. The molecule has 8 aromatic rings. The summed E-state index contributed by atoms with van der Waals surface area (Å²) in [5.74, 6) is 0.666. The van der Waals surface area contributed by atoms with E-state index in [0.717, 1.165) is 55.6 Å². The third-order valence-corrected chi connectivity index (χ3v) is 8.57. The molecule has 49 heavy (non-hydrogen) atoms. The fourth-order valence-corrected chi connectivity index (χ4v) is 6.32. The first-order valence-corrected chi connectivity index (χ1v) is 16.3. The summed E-state index contributed by atoms with van der Waals surface area (Å²) in [7, 11) is 0. The van der Waals surface area contributed by atoms with Gasteiger partial charge in [-0.05, 0) is 79.4 Å². The largest absolute Gasteiger partial charge is 0.405 e.